The van der Waals surface area contributed by atoms with Gasteiger partial charge in [-0.15, -0.1) is 0 Å². The van der Waals surface area contributed by atoms with Crippen LogP contribution < -0.4 is 16.4 Å². The van der Waals surface area contributed by atoms with Crippen LogP contribution in [0.5, 0.6) is 0 Å². The van der Waals surface area contributed by atoms with Crippen molar-refractivity contribution in [1.29, 1.82) is 0 Å². The summed E-state index contributed by atoms with van der Waals surface area (Å²) in [6.45, 7) is 5.73. The number of fused-ring (bicyclic) bond motifs is 1. The summed E-state index contributed by atoms with van der Waals surface area (Å²) >= 11 is 0. The molecule has 32 heavy (non-hydrogen) atoms. The molecule has 4 heterocycles. The van der Waals surface area contributed by atoms with E-state index in [1.165, 1.54) is 35.9 Å². The Balaban J connectivity index is 1.23. The second-order valence-electron chi connectivity index (χ2n) is 9.53. The van der Waals surface area contributed by atoms with Crippen LogP contribution in [0.25, 0.3) is 11.1 Å². The molecule has 3 aliphatic heterocycles. The quantitative estimate of drug-likeness (QED) is 0.692. The highest BCUT2D eigenvalue weighted by Gasteiger charge is 2.31. The summed E-state index contributed by atoms with van der Waals surface area (Å²) in [5, 5.41) is 5.76. The van der Waals surface area contributed by atoms with Gasteiger partial charge in [0.05, 0.1) is 5.52 Å². The zero-order valence-electron chi connectivity index (χ0n) is 18.5. The molecular weight excluding hydrogens is 408 g/mol. The number of likely N-dealkylation sites (tertiary alicyclic amines) is 1. The summed E-state index contributed by atoms with van der Waals surface area (Å²) in [5.41, 5.74) is 2.33. The first-order valence-corrected chi connectivity index (χ1v) is 12.0. The molecule has 1 aromatic heterocycles. The minimum absolute atomic E-state index is 0.226. The summed E-state index contributed by atoms with van der Waals surface area (Å²) in [6.07, 6.45) is 6.67. The number of nitrogens with one attached hydrogen (secondary N) is 2. The molecule has 172 valence electrons. The van der Waals surface area contributed by atoms with Gasteiger partial charge in [0, 0.05) is 6.42 Å². The van der Waals surface area contributed by atoms with Crippen molar-refractivity contribution >= 4 is 22.9 Å². The van der Waals surface area contributed by atoms with Crippen LogP contribution in [0.2, 0.25) is 0 Å². The van der Waals surface area contributed by atoms with E-state index < -0.39 is 17.7 Å². The Labute approximate surface area is 187 Å². The summed E-state index contributed by atoms with van der Waals surface area (Å²) in [6, 6.07) is 5.22. The monoisotopic (exact) mass is 440 g/mol. The Morgan fingerprint density at radius 2 is 1.78 bits per heavy atom. The highest BCUT2D eigenvalue weighted by Crippen LogP contribution is 2.32. The number of amides is 2. The van der Waals surface area contributed by atoms with Gasteiger partial charge >= 0.3 is 5.76 Å². The van der Waals surface area contributed by atoms with Gasteiger partial charge in [0.25, 0.3) is 0 Å². The highest BCUT2D eigenvalue weighted by atomic mass is 16.4. The number of aromatic nitrogens is 1. The Morgan fingerprint density at radius 1 is 1.00 bits per heavy atom. The number of hydrogen-bond acceptors (Lipinski definition) is 6. The summed E-state index contributed by atoms with van der Waals surface area (Å²) in [7, 11) is 0. The minimum Gasteiger partial charge on any atom is -0.408 e. The van der Waals surface area contributed by atoms with Crippen LogP contribution >= 0.6 is 0 Å². The SMILES string of the molecule is O=C1CCC(n2c(=O)oc3cc(C4CCN(CCC5CCNCC5)CC4)ccc32)C(=O)N1. The lowest BCUT2D eigenvalue weighted by Gasteiger charge is -2.33. The fraction of sp³-hybridized carbons (Fsp3) is 0.625. The first kappa shape index (κ1) is 21.4. The molecule has 3 fully saturated rings. The van der Waals surface area contributed by atoms with E-state index >= 15 is 0 Å². The normalized spacial score (nSPS) is 24.2. The molecule has 0 saturated carbocycles. The van der Waals surface area contributed by atoms with Crippen LogP contribution in [-0.2, 0) is 9.59 Å². The minimum atomic E-state index is -0.699. The second-order valence-corrected chi connectivity index (χ2v) is 9.53. The molecule has 1 atom stereocenters. The van der Waals surface area contributed by atoms with Crippen molar-refractivity contribution in [3.05, 3.63) is 34.3 Å². The van der Waals surface area contributed by atoms with E-state index in [-0.39, 0.29) is 12.3 Å². The second kappa shape index (κ2) is 9.19. The van der Waals surface area contributed by atoms with Crippen LogP contribution in [0.15, 0.2) is 27.4 Å². The number of rotatable bonds is 5. The molecule has 3 saturated heterocycles. The summed E-state index contributed by atoms with van der Waals surface area (Å²) < 4.78 is 6.91. The molecule has 1 aromatic carbocycles. The first-order valence-electron chi connectivity index (χ1n) is 12.0. The summed E-state index contributed by atoms with van der Waals surface area (Å²) in [4.78, 5) is 38.8. The van der Waals surface area contributed by atoms with E-state index in [1.807, 2.05) is 12.1 Å². The van der Waals surface area contributed by atoms with Crippen LogP contribution in [0.4, 0.5) is 0 Å². The van der Waals surface area contributed by atoms with E-state index in [0.29, 0.717) is 23.4 Å². The van der Waals surface area contributed by atoms with Crippen LogP contribution in [0.3, 0.4) is 0 Å². The largest absolute Gasteiger partial charge is 0.420 e. The summed E-state index contributed by atoms with van der Waals surface area (Å²) in [5.74, 6) is 0.0503. The molecular formula is C24H32N4O4. The number of carbonyl (C=O) groups excluding carboxylic acids is 2. The average molecular weight is 441 g/mol. The highest BCUT2D eigenvalue weighted by molar-refractivity contribution is 6.00. The number of benzene rings is 1. The average Bonchev–Trinajstić information content (AvgIpc) is 3.13. The van der Waals surface area contributed by atoms with Crippen molar-refractivity contribution in [2.24, 2.45) is 5.92 Å². The van der Waals surface area contributed by atoms with Crippen LogP contribution in [0.1, 0.15) is 62.5 Å². The van der Waals surface area contributed by atoms with Gasteiger partial charge in [0.2, 0.25) is 11.8 Å². The van der Waals surface area contributed by atoms with E-state index in [2.05, 4.69) is 21.6 Å². The van der Waals surface area contributed by atoms with Crippen LogP contribution in [-0.4, -0.2) is 54.0 Å². The third kappa shape index (κ3) is 4.38. The van der Waals surface area contributed by atoms with Crippen molar-refractivity contribution in [3.8, 4) is 0 Å². The zero-order valence-corrected chi connectivity index (χ0v) is 18.5. The van der Waals surface area contributed by atoms with Crippen LogP contribution in [0, 0.1) is 5.92 Å². The molecule has 0 bridgehead atoms. The lowest BCUT2D eigenvalue weighted by atomic mass is 9.88. The molecule has 0 aliphatic carbocycles. The van der Waals surface area contributed by atoms with Gasteiger partial charge in [-0.2, -0.15) is 0 Å². The number of piperidine rings is 3. The Hall–Kier alpha value is -2.45. The van der Waals surface area contributed by atoms with Gasteiger partial charge in [0.15, 0.2) is 5.58 Å². The van der Waals surface area contributed by atoms with Crippen molar-refractivity contribution in [2.75, 3.05) is 32.7 Å². The lowest BCUT2D eigenvalue weighted by Crippen LogP contribution is -2.43. The topological polar surface area (TPSA) is 96.6 Å². The van der Waals surface area contributed by atoms with E-state index in [0.717, 1.165) is 44.9 Å². The zero-order chi connectivity index (χ0) is 22.1. The van der Waals surface area contributed by atoms with Crippen molar-refractivity contribution in [2.45, 2.75) is 56.9 Å². The van der Waals surface area contributed by atoms with Crippen molar-refractivity contribution in [1.82, 2.24) is 20.1 Å². The molecule has 2 N–H and O–H groups in total. The molecule has 2 aromatic rings. The Morgan fingerprint density at radius 3 is 2.53 bits per heavy atom. The molecule has 0 radical (unpaired) electrons. The van der Waals surface area contributed by atoms with Crippen molar-refractivity contribution in [3.63, 3.8) is 0 Å². The molecule has 8 nitrogen and oxygen atoms in total. The van der Waals surface area contributed by atoms with Gasteiger partial charge in [-0.1, -0.05) is 6.07 Å². The molecule has 1 unspecified atom stereocenters. The number of nitrogens with zero attached hydrogens (tertiary/aromatic N) is 2. The van der Waals surface area contributed by atoms with E-state index in [1.54, 1.807) is 0 Å². The predicted molar refractivity (Wildman–Crippen MR) is 121 cm³/mol. The fourth-order valence-corrected chi connectivity index (χ4v) is 5.56. The molecule has 8 heteroatoms. The maximum absolute atomic E-state index is 12.5. The Bertz CT molecular complexity index is 1040. The Kier molecular flexibility index (Phi) is 6.15. The molecule has 5 rings (SSSR count). The number of imide groups is 1. The number of oxazole rings is 1. The molecule has 3 aliphatic rings. The van der Waals surface area contributed by atoms with Gasteiger partial charge in [-0.05, 0) is 101 Å². The van der Waals surface area contributed by atoms with Crippen molar-refractivity contribution < 1.29 is 14.0 Å². The standard InChI is InChI=1S/C24H32N4O4/c29-22-4-3-20(23(30)26-22)28-19-2-1-18(15-21(19)32-24(28)31)17-8-13-27(14-9-17)12-7-16-5-10-25-11-6-16/h1-2,15-17,20,25H,3-14H2,(H,26,29,30). The van der Waals surface area contributed by atoms with Gasteiger partial charge in [-0.3, -0.25) is 19.5 Å². The third-order valence-electron chi connectivity index (χ3n) is 7.53. The fourth-order valence-electron chi connectivity index (χ4n) is 5.56. The number of carbonyl (C=O) groups is 2. The third-order valence-corrected chi connectivity index (χ3v) is 7.53. The number of hydrogen-bond donors (Lipinski definition) is 2. The maximum atomic E-state index is 12.5. The lowest BCUT2D eigenvalue weighted by molar-refractivity contribution is -0.135. The maximum Gasteiger partial charge on any atom is 0.420 e. The molecule has 2 amide bonds. The van der Waals surface area contributed by atoms with E-state index in [9.17, 15) is 14.4 Å². The predicted octanol–water partition coefficient (Wildman–Crippen LogP) is 2.14. The van der Waals surface area contributed by atoms with E-state index in [4.69, 9.17) is 4.42 Å². The van der Waals surface area contributed by atoms with Gasteiger partial charge in [-0.25, -0.2) is 4.79 Å². The molecule has 0 spiro atoms. The smallest absolute Gasteiger partial charge is 0.408 e. The van der Waals surface area contributed by atoms with Gasteiger partial charge in [0.1, 0.15) is 6.04 Å². The first-order chi connectivity index (χ1) is 15.6. The van der Waals surface area contributed by atoms with Gasteiger partial charge < -0.3 is 14.6 Å².